The lowest BCUT2D eigenvalue weighted by molar-refractivity contribution is 0.0755. The quantitative estimate of drug-likeness (QED) is 0.673. The summed E-state index contributed by atoms with van der Waals surface area (Å²) in [5, 5.41) is 13.0. The molecule has 0 amide bonds. The van der Waals surface area contributed by atoms with E-state index in [4.69, 9.17) is 4.74 Å². The number of rotatable bonds is 10. The highest BCUT2D eigenvalue weighted by Crippen LogP contribution is 2.36. The SMILES string of the molecule is COCCN(C(C)CC(C)(C#N)NC(C)C)C(C)C1CC1. The van der Waals surface area contributed by atoms with Crippen LogP contribution in [0.25, 0.3) is 0 Å². The summed E-state index contributed by atoms with van der Waals surface area (Å²) in [4.78, 5) is 2.53. The largest absolute Gasteiger partial charge is 0.383 e. The van der Waals surface area contributed by atoms with E-state index in [-0.39, 0.29) is 0 Å². The van der Waals surface area contributed by atoms with E-state index in [2.05, 4.69) is 44.0 Å². The molecule has 1 N–H and O–H groups in total. The fraction of sp³-hybridized carbons (Fsp3) is 0.941. The van der Waals surface area contributed by atoms with Gasteiger partial charge in [-0.05, 0) is 59.8 Å². The fourth-order valence-electron chi connectivity index (χ4n) is 3.35. The molecule has 0 aromatic carbocycles. The molecule has 122 valence electrons. The number of methoxy groups -OCH3 is 1. The fourth-order valence-corrected chi connectivity index (χ4v) is 3.35. The molecule has 0 aromatic heterocycles. The first-order valence-corrected chi connectivity index (χ1v) is 8.26. The lowest BCUT2D eigenvalue weighted by atomic mass is 9.92. The Kier molecular flexibility index (Phi) is 7.12. The van der Waals surface area contributed by atoms with E-state index in [0.717, 1.165) is 25.5 Å². The Morgan fingerprint density at radius 2 is 1.95 bits per heavy atom. The minimum Gasteiger partial charge on any atom is -0.383 e. The Bertz CT molecular complexity index is 348. The molecule has 21 heavy (non-hydrogen) atoms. The maximum absolute atomic E-state index is 9.55. The van der Waals surface area contributed by atoms with Crippen molar-refractivity contribution in [2.75, 3.05) is 20.3 Å². The Morgan fingerprint density at radius 1 is 1.33 bits per heavy atom. The molecule has 0 bridgehead atoms. The summed E-state index contributed by atoms with van der Waals surface area (Å²) in [5.41, 5.74) is -0.470. The molecule has 1 aliphatic rings. The van der Waals surface area contributed by atoms with Crippen molar-refractivity contribution in [2.45, 2.75) is 77.5 Å². The molecule has 0 saturated heterocycles. The van der Waals surface area contributed by atoms with Crippen molar-refractivity contribution in [3.8, 4) is 6.07 Å². The van der Waals surface area contributed by atoms with Gasteiger partial charge in [-0.15, -0.1) is 0 Å². The van der Waals surface area contributed by atoms with Gasteiger partial charge in [-0.25, -0.2) is 0 Å². The zero-order valence-corrected chi connectivity index (χ0v) is 14.6. The predicted octanol–water partition coefficient (Wildman–Crippen LogP) is 2.79. The smallest absolute Gasteiger partial charge is 0.105 e. The van der Waals surface area contributed by atoms with Crippen molar-refractivity contribution < 1.29 is 4.74 Å². The molecule has 1 aliphatic carbocycles. The summed E-state index contributed by atoms with van der Waals surface area (Å²) < 4.78 is 5.27. The molecule has 0 heterocycles. The van der Waals surface area contributed by atoms with Gasteiger partial charge in [-0.2, -0.15) is 5.26 Å². The van der Waals surface area contributed by atoms with Crippen LogP contribution in [0.15, 0.2) is 0 Å². The zero-order valence-electron chi connectivity index (χ0n) is 14.6. The van der Waals surface area contributed by atoms with Crippen molar-refractivity contribution in [1.82, 2.24) is 10.2 Å². The minimum atomic E-state index is -0.470. The number of nitrogens with zero attached hydrogens (tertiary/aromatic N) is 2. The van der Waals surface area contributed by atoms with Crippen LogP contribution in [0.2, 0.25) is 0 Å². The van der Waals surface area contributed by atoms with E-state index in [1.54, 1.807) is 7.11 Å². The molecular weight excluding hydrogens is 262 g/mol. The lowest BCUT2D eigenvalue weighted by Crippen LogP contribution is -2.52. The van der Waals surface area contributed by atoms with Crippen LogP contribution in [0, 0.1) is 17.2 Å². The van der Waals surface area contributed by atoms with E-state index in [9.17, 15) is 5.26 Å². The van der Waals surface area contributed by atoms with Gasteiger partial charge in [-0.3, -0.25) is 10.2 Å². The highest BCUT2D eigenvalue weighted by atomic mass is 16.5. The monoisotopic (exact) mass is 295 g/mol. The maximum atomic E-state index is 9.55. The van der Waals surface area contributed by atoms with E-state index in [1.165, 1.54) is 12.8 Å². The average molecular weight is 295 g/mol. The van der Waals surface area contributed by atoms with Crippen molar-refractivity contribution in [1.29, 1.82) is 5.26 Å². The number of nitrogens with one attached hydrogen (secondary N) is 1. The number of hydrogen-bond acceptors (Lipinski definition) is 4. The van der Waals surface area contributed by atoms with Gasteiger partial charge in [0.25, 0.3) is 0 Å². The van der Waals surface area contributed by atoms with E-state index in [1.807, 2.05) is 6.92 Å². The van der Waals surface area contributed by atoms with Crippen LogP contribution in [0.4, 0.5) is 0 Å². The predicted molar refractivity (Wildman–Crippen MR) is 87.1 cm³/mol. The Morgan fingerprint density at radius 3 is 2.38 bits per heavy atom. The summed E-state index contributed by atoms with van der Waals surface area (Å²) in [7, 11) is 1.75. The molecule has 4 nitrogen and oxygen atoms in total. The number of ether oxygens (including phenoxy) is 1. The maximum Gasteiger partial charge on any atom is 0.105 e. The highest BCUT2D eigenvalue weighted by Gasteiger charge is 2.36. The van der Waals surface area contributed by atoms with E-state index in [0.29, 0.717) is 18.1 Å². The van der Waals surface area contributed by atoms with Crippen LogP contribution in [-0.4, -0.2) is 48.8 Å². The molecule has 1 rings (SSSR count). The first-order chi connectivity index (χ1) is 9.83. The Labute approximate surface area is 130 Å². The van der Waals surface area contributed by atoms with Gasteiger partial charge in [0.05, 0.1) is 12.7 Å². The minimum absolute atomic E-state index is 0.315. The molecule has 0 radical (unpaired) electrons. The summed E-state index contributed by atoms with van der Waals surface area (Å²) in [5.74, 6) is 0.829. The average Bonchev–Trinajstić information content (AvgIpc) is 3.22. The van der Waals surface area contributed by atoms with Crippen molar-refractivity contribution in [3.63, 3.8) is 0 Å². The molecule has 0 aromatic rings. The topological polar surface area (TPSA) is 48.3 Å². The normalized spacial score (nSPS) is 21.1. The third-order valence-electron chi connectivity index (χ3n) is 4.50. The second-order valence-corrected chi connectivity index (χ2v) is 7.10. The van der Waals surface area contributed by atoms with Crippen LogP contribution >= 0.6 is 0 Å². The van der Waals surface area contributed by atoms with Gasteiger partial charge < -0.3 is 4.74 Å². The van der Waals surface area contributed by atoms with Crippen molar-refractivity contribution in [2.24, 2.45) is 5.92 Å². The summed E-state index contributed by atoms with van der Waals surface area (Å²) in [6.45, 7) is 12.5. The second kappa shape index (κ2) is 8.12. The molecule has 4 heteroatoms. The van der Waals surface area contributed by atoms with Gasteiger partial charge in [-0.1, -0.05) is 0 Å². The van der Waals surface area contributed by atoms with Gasteiger partial charge in [0.1, 0.15) is 5.54 Å². The first kappa shape index (κ1) is 18.4. The molecule has 1 saturated carbocycles. The van der Waals surface area contributed by atoms with E-state index < -0.39 is 5.54 Å². The Balaban J connectivity index is 2.69. The van der Waals surface area contributed by atoms with Gasteiger partial charge in [0, 0.05) is 31.8 Å². The second-order valence-electron chi connectivity index (χ2n) is 7.10. The van der Waals surface area contributed by atoms with Crippen molar-refractivity contribution >= 4 is 0 Å². The number of nitriles is 1. The van der Waals surface area contributed by atoms with E-state index >= 15 is 0 Å². The molecule has 0 spiro atoms. The van der Waals surface area contributed by atoms with Gasteiger partial charge >= 0.3 is 0 Å². The highest BCUT2D eigenvalue weighted by molar-refractivity contribution is 5.06. The third-order valence-corrected chi connectivity index (χ3v) is 4.50. The van der Waals surface area contributed by atoms with Crippen LogP contribution in [-0.2, 0) is 4.74 Å². The van der Waals surface area contributed by atoms with Gasteiger partial charge in [0.15, 0.2) is 0 Å². The van der Waals surface area contributed by atoms with Crippen LogP contribution in [0.3, 0.4) is 0 Å². The lowest BCUT2D eigenvalue weighted by Gasteiger charge is -2.38. The molecule has 1 fully saturated rings. The summed E-state index contributed by atoms with van der Waals surface area (Å²) in [6, 6.07) is 3.73. The third kappa shape index (κ3) is 5.94. The summed E-state index contributed by atoms with van der Waals surface area (Å²) in [6.07, 6.45) is 3.52. The molecule has 3 unspecified atom stereocenters. The van der Waals surface area contributed by atoms with Gasteiger partial charge in [0.2, 0.25) is 0 Å². The molecule has 0 aliphatic heterocycles. The van der Waals surface area contributed by atoms with Crippen LogP contribution in [0.1, 0.15) is 53.9 Å². The molecular formula is C17H33N3O. The molecule has 3 atom stereocenters. The van der Waals surface area contributed by atoms with Crippen molar-refractivity contribution in [3.05, 3.63) is 0 Å². The van der Waals surface area contributed by atoms with Crippen LogP contribution in [0.5, 0.6) is 0 Å². The summed E-state index contributed by atoms with van der Waals surface area (Å²) >= 11 is 0. The zero-order chi connectivity index (χ0) is 16.0. The Hall–Kier alpha value is -0.630. The van der Waals surface area contributed by atoms with Crippen LogP contribution < -0.4 is 5.32 Å². The first-order valence-electron chi connectivity index (χ1n) is 8.26. The number of hydrogen-bond donors (Lipinski definition) is 1. The standard InChI is InChI=1S/C17H33N3O/c1-13(2)19-17(5,12-18)11-14(3)20(9-10-21-6)15(4)16-7-8-16/h13-16,19H,7-11H2,1-6H3.